The Morgan fingerprint density at radius 2 is 1.89 bits per heavy atom. The summed E-state index contributed by atoms with van der Waals surface area (Å²) in [6.45, 7) is 3.53. The first-order valence-corrected chi connectivity index (χ1v) is 8.95. The summed E-state index contributed by atoms with van der Waals surface area (Å²) in [5, 5.41) is 9.05. The summed E-state index contributed by atoms with van der Waals surface area (Å²) >= 11 is 0. The van der Waals surface area contributed by atoms with Crippen LogP contribution >= 0.6 is 0 Å². The van der Waals surface area contributed by atoms with E-state index >= 15 is 0 Å². The van der Waals surface area contributed by atoms with Gasteiger partial charge in [-0.25, -0.2) is 5.10 Å². The number of carbonyl (C=O) groups is 2. The molecule has 1 aliphatic heterocycles. The molecule has 8 nitrogen and oxygen atoms in total. The first-order valence-electron chi connectivity index (χ1n) is 8.95. The lowest BCUT2D eigenvalue weighted by molar-refractivity contribution is 0.0691. The monoisotopic (exact) mass is 370 g/mol. The molecule has 8 heteroatoms. The van der Waals surface area contributed by atoms with Crippen LogP contribution in [0.2, 0.25) is 0 Å². The van der Waals surface area contributed by atoms with E-state index in [0.29, 0.717) is 38.1 Å². The van der Waals surface area contributed by atoms with Crippen molar-refractivity contribution < 1.29 is 14.3 Å². The van der Waals surface area contributed by atoms with Crippen molar-refractivity contribution in [1.29, 1.82) is 0 Å². The molecule has 2 N–H and O–H groups in total. The molecule has 2 amide bonds. The zero-order valence-electron chi connectivity index (χ0n) is 15.1. The van der Waals surface area contributed by atoms with Crippen LogP contribution in [-0.2, 0) is 0 Å². The molecule has 3 rings (SSSR count). The standard InChI is InChI=1S/C19H22N4O4/c1-2-27-15-5-3-13(4-6-15)18(25)20-14-9-11-23(12-10-14)19(26)16-7-8-17(24)22-21-16/h3-8,14H,2,9-12H2,1H3,(H,20,25)(H,22,24). The number of aromatic nitrogens is 2. The molecule has 1 aliphatic rings. The molecule has 0 saturated carbocycles. The largest absolute Gasteiger partial charge is 0.494 e. The zero-order valence-corrected chi connectivity index (χ0v) is 15.1. The molecule has 0 bridgehead atoms. The van der Waals surface area contributed by atoms with Gasteiger partial charge >= 0.3 is 0 Å². The number of amides is 2. The summed E-state index contributed by atoms with van der Waals surface area (Å²) in [6, 6.07) is 9.73. The fraction of sp³-hybridized carbons (Fsp3) is 0.368. The van der Waals surface area contributed by atoms with Crippen LogP contribution in [0.25, 0.3) is 0 Å². The average molecular weight is 370 g/mol. The second-order valence-corrected chi connectivity index (χ2v) is 6.30. The van der Waals surface area contributed by atoms with Gasteiger partial charge in [0.2, 0.25) is 0 Å². The molecule has 0 radical (unpaired) electrons. The molecule has 0 spiro atoms. The predicted molar refractivity (Wildman–Crippen MR) is 98.9 cm³/mol. The van der Waals surface area contributed by atoms with Crippen molar-refractivity contribution in [3.63, 3.8) is 0 Å². The van der Waals surface area contributed by atoms with Crippen LogP contribution in [0.5, 0.6) is 5.75 Å². The van der Waals surface area contributed by atoms with Crippen LogP contribution in [0.3, 0.4) is 0 Å². The summed E-state index contributed by atoms with van der Waals surface area (Å²) in [5.74, 6) is 0.379. The highest BCUT2D eigenvalue weighted by Crippen LogP contribution is 2.15. The van der Waals surface area contributed by atoms with E-state index in [1.807, 2.05) is 6.92 Å². The molecule has 1 aromatic carbocycles. The number of hydrogen-bond acceptors (Lipinski definition) is 5. The number of piperidine rings is 1. The van der Waals surface area contributed by atoms with Crippen LogP contribution in [0, 0.1) is 0 Å². The van der Waals surface area contributed by atoms with E-state index in [9.17, 15) is 14.4 Å². The molecule has 0 atom stereocenters. The smallest absolute Gasteiger partial charge is 0.274 e. The minimum atomic E-state index is -0.345. The Bertz CT molecular complexity index is 834. The minimum Gasteiger partial charge on any atom is -0.494 e. The highest BCUT2D eigenvalue weighted by Gasteiger charge is 2.25. The number of benzene rings is 1. The number of nitrogens with zero attached hydrogens (tertiary/aromatic N) is 2. The minimum absolute atomic E-state index is 0.0108. The Morgan fingerprint density at radius 3 is 2.48 bits per heavy atom. The van der Waals surface area contributed by atoms with E-state index in [4.69, 9.17) is 4.74 Å². The van der Waals surface area contributed by atoms with Gasteiger partial charge in [0, 0.05) is 30.8 Å². The van der Waals surface area contributed by atoms with Crippen molar-refractivity contribution in [2.45, 2.75) is 25.8 Å². The highest BCUT2D eigenvalue weighted by atomic mass is 16.5. The molecular weight excluding hydrogens is 348 g/mol. The SMILES string of the molecule is CCOc1ccc(C(=O)NC2CCN(C(=O)c3ccc(=O)[nH]n3)CC2)cc1. The molecule has 1 fully saturated rings. The van der Waals surface area contributed by atoms with Gasteiger partial charge in [-0.05, 0) is 50.1 Å². The van der Waals surface area contributed by atoms with Crippen molar-refractivity contribution in [2.24, 2.45) is 0 Å². The molecule has 1 saturated heterocycles. The maximum atomic E-state index is 12.4. The lowest BCUT2D eigenvalue weighted by Gasteiger charge is -2.32. The summed E-state index contributed by atoms with van der Waals surface area (Å²) in [5.41, 5.74) is 0.447. The first-order chi connectivity index (χ1) is 13.1. The molecule has 2 aromatic rings. The number of hydrogen-bond donors (Lipinski definition) is 2. The van der Waals surface area contributed by atoms with Crippen LogP contribution in [0.15, 0.2) is 41.2 Å². The number of aromatic amines is 1. The highest BCUT2D eigenvalue weighted by molar-refractivity contribution is 5.94. The van der Waals surface area contributed by atoms with E-state index < -0.39 is 0 Å². The Morgan fingerprint density at radius 1 is 1.19 bits per heavy atom. The number of carbonyl (C=O) groups excluding carboxylic acids is 2. The number of ether oxygens (including phenoxy) is 1. The van der Waals surface area contributed by atoms with Gasteiger partial charge in [0.25, 0.3) is 17.4 Å². The van der Waals surface area contributed by atoms with Crippen molar-refractivity contribution >= 4 is 11.8 Å². The van der Waals surface area contributed by atoms with E-state index in [0.717, 1.165) is 5.75 Å². The number of nitrogens with one attached hydrogen (secondary N) is 2. The average Bonchev–Trinajstić information content (AvgIpc) is 2.69. The molecule has 0 aliphatic carbocycles. The second kappa shape index (κ2) is 8.48. The van der Waals surface area contributed by atoms with Crippen molar-refractivity contribution in [1.82, 2.24) is 20.4 Å². The van der Waals surface area contributed by atoms with Gasteiger partial charge in [-0.2, -0.15) is 5.10 Å². The van der Waals surface area contributed by atoms with Gasteiger partial charge in [0.1, 0.15) is 11.4 Å². The normalized spacial score (nSPS) is 14.6. The van der Waals surface area contributed by atoms with E-state index in [1.165, 1.54) is 12.1 Å². The van der Waals surface area contributed by atoms with Crippen LogP contribution in [-0.4, -0.2) is 52.6 Å². The number of H-pyrrole nitrogens is 1. The number of rotatable bonds is 5. The predicted octanol–water partition coefficient (Wildman–Crippen LogP) is 1.20. The Hall–Kier alpha value is -3.16. The lowest BCUT2D eigenvalue weighted by atomic mass is 10.0. The molecule has 27 heavy (non-hydrogen) atoms. The third kappa shape index (κ3) is 4.72. The van der Waals surface area contributed by atoms with Crippen LogP contribution in [0.4, 0.5) is 0 Å². The van der Waals surface area contributed by atoms with E-state index in [2.05, 4.69) is 15.5 Å². The topological polar surface area (TPSA) is 104 Å². The van der Waals surface area contributed by atoms with Gasteiger partial charge in [0.15, 0.2) is 0 Å². The van der Waals surface area contributed by atoms with E-state index in [1.54, 1.807) is 29.2 Å². The zero-order chi connectivity index (χ0) is 19.2. The summed E-state index contributed by atoms with van der Waals surface area (Å²) < 4.78 is 5.37. The maximum absolute atomic E-state index is 12.4. The van der Waals surface area contributed by atoms with Crippen molar-refractivity contribution in [3.8, 4) is 5.75 Å². The van der Waals surface area contributed by atoms with Gasteiger partial charge in [-0.3, -0.25) is 14.4 Å². The third-order valence-electron chi connectivity index (χ3n) is 4.44. The quantitative estimate of drug-likeness (QED) is 0.823. The Balaban J connectivity index is 1.51. The fourth-order valence-electron chi connectivity index (χ4n) is 2.99. The lowest BCUT2D eigenvalue weighted by Crippen LogP contribution is -2.46. The summed E-state index contributed by atoms with van der Waals surface area (Å²) in [4.78, 5) is 37.5. The van der Waals surface area contributed by atoms with Crippen LogP contribution < -0.4 is 15.6 Å². The number of likely N-dealkylation sites (tertiary alicyclic amines) is 1. The Kier molecular flexibility index (Phi) is 5.85. The molecular formula is C19H22N4O4. The van der Waals surface area contributed by atoms with Gasteiger partial charge in [-0.15, -0.1) is 0 Å². The summed E-state index contributed by atoms with van der Waals surface area (Å²) in [7, 11) is 0. The first kappa shape index (κ1) is 18.6. The van der Waals surface area contributed by atoms with Crippen molar-refractivity contribution in [2.75, 3.05) is 19.7 Å². The van der Waals surface area contributed by atoms with Gasteiger partial charge < -0.3 is 15.0 Å². The van der Waals surface area contributed by atoms with Crippen molar-refractivity contribution in [3.05, 3.63) is 58.0 Å². The summed E-state index contributed by atoms with van der Waals surface area (Å²) in [6.07, 6.45) is 1.33. The van der Waals surface area contributed by atoms with E-state index in [-0.39, 0.29) is 29.1 Å². The fourth-order valence-corrected chi connectivity index (χ4v) is 2.99. The molecule has 0 unspecified atom stereocenters. The third-order valence-corrected chi connectivity index (χ3v) is 4.44. The van der Waals surface area contributed by atoms with Gasteiger partial charge in [0.05, 0.1) is 6.61 Å². The second-order valence-electron chi connectivity index (χ2n) is 6.30. The molecule has 2 heterocycles. The molecule has 142 valence electrons. The maximum Gasteiger partial charge on any atom is 0.274 e. The Labute approximate surface area is 156 Å². The van der Waals surface area contributed by atoms with Gasteiger partial charge in [-0.1, -0.05) is 0 Å². The van der Waals surface area contributed by atoms with Crippen LogP contribution in [0.1, 0.15) is 40.6 Å². The molecule has 1 aromatic heterocycles.